The van der Waals surface area contributed by atoms with Crippen molar-refractivity contribution in [2.75, 3.05) is 24.6 Å². The number of aryl methyl sites for hydroxylation is 1. The number of carboxylic acids is 1. The molecule has 3 rings (SSSR count). The molecule has 0 radical (unpaired) electrons. The monoisotopic (exact) mass is 405 g/mol. The summed E-state index contributed by atoms with van der Waals surface area (Å²) in [5, 5.41) is 13.0. The fourth-order valence-corrected chi connectivity index (χ4v) is 3.54. The van der Waals surface area contributed by atoms with Crippen LogP contribution in [0.3, 0.4) is 0 Å². The summed E-state index contributed by atoms with van der Waals surface area (Å²) in [6, 6.07) is 5.04. The fourth-order valence-electron chi connectivity index (χ4n) is 3.54. The molecule has 1 fully saturated rings. The van der Waals surface area contributed by atoms with Gasteiger partial charge in [0.05, 0.1) is 12.2 Å². The van der Waals surface area contributed by atoms with Crippen LogP contribution in [0, 0.1) is 12.8 Å². The first-order valence-electron chi connectivity index (χ1n) is 9.99. The van der Waals surface area contributed by atoms with Gasteiger partial charge >= 0.3 is 5.97 Å². The normalized spacial score (nSPS) is 15.5. The van der Waals surface area contributed by atoms with E-state index in [-0.39, 0.29) is 5.89 Å². The molecule has 29 heavy (non-hydrogen) atoms. The quantitative estimate of drug-likeness (QED) is 0.653. The zero-order chi connectivity index (χ0) is 21.0. The lowest BCUT2D eigenvalue weighted by molar-refractivity contribution is 0.0696. The lowest BCUT2D eigenvalue weighted by Gasteiger charge is -2.30. The van der Waals surface area contributed by atoms with Crippen molar-refractivity contribution >= 4 is 11.9 Å². The Kier molecular flexibility index (Phi) is 6.39. The number of nitrogens with zero attached hydrogens (tertiary/aromatic N) is 3. The van der Waals surface area contributed by atoms with Crippen LogP contribution >= 0.6 is 0 Å². The third kappa shape index (κ3) is 5.46. The minimum atomic E-state index is -1.63. The number of hydrogen-bond acceptors (Lipinski definition) is 6. The number of aromatic carboxylic acids is 1. The van der Waals surface area contributed by atoms with Crippen molar-refractivity contribution in [2.45, 2.75) is 52.1 Å². The number of carbonyl (C=O) groups is 1. The Bertz CT molecular complexity index is 839. The summed E-state index contributed by atoms with van der Waals surface area (Å²) in [6.07, 6.45) is 4.05. The van der Waals surface area contributed by atoms with E-state index < -0.39 is 11.6 Å². The average Bonchev–Trinajstić information content (AvgIpc) is 3.16. The van der Waals surface area contributed by atoms with Crippen molar-refractivity contribution < 1.29 is 23.6 Å². The summed E-state index contributed by atoms with van der Waals surface area (Å²) >= 11 is 0. The molecule has 1 aromatic carbocycles. The fraction of sp³-hybridized carbons (Fsp3) is 0.571. The molecule has 1 aromatic heterocycles. The van der Waals surface area contributed by atoms with Gasteiger partial charge in [-0.25, -0.2) is 9.18 Å². The van der Waals surface area contributed by atoms with Gasteiger partial charge in [-0.05, 0) is 81.3 Å². The predicted octanol–water partition coefficient (Wildman–Crippen LogP) is 4.36. The number of hydrogen-bond donors (Lipinski definition) is 1. The van der Waals surface area contributed by atoms with Gasteiger partial charge in [-0.2, -0.15) is 4.98 Å². The third-order valence-electron chi connectivity index (χ3n) is 5.27. The van der Waals surface area contributed by atoms with Crippen molar-refractivity contribution in [3.05, 3.63) is 35.2 Å². The van der Waals surface area contributed by atoms with E-state index >= 15 is 0 Å². The minimum Gasteiger partial charge on any atom is -0.494 e. The molecule has 1 saturated heterocycles. The molecule has 1 aliphatic heterocycles. The highest BCUT2D eigenvalue weighted by Crippen LogP contribution is 2.28. The van der Waals surface area contributed by atoms with Crippen molar-refractivity contribution in [1.82, 2.24) is 10.1 Å². The Hall–Kier alpha value is -2.64. The first kappa shape index (κ1) is 21.1. The molecule has 0 saturated carbocycles. The van der Waals surface area contributed by atoms with Crippen LogP contribution in [-0.2, 0) is 5.67 Å². The smallest absolute Gasteiger partial charge is 0.335 e. The highest BCUT2D eigenvalue weighted by Gasteiger charge is 2.29. The van der Waals surface area contributed by atoms with E-state index in [0.29, 0.717) is 35.3 Å². The van der Waals surface area contributed by atoms with Crippen LogP contribution in [-0.4, -0.2) is 40.9 Å². The molecule has 1 aliphatic rings. The van der Waals surface area contributed by atoms with Crippen LogP contribution in [0.1, 0.15) is 61.3 Å². The van der Waals surface area contributed by atoms with E-state index in [1.807, 2.05) is 4.90 Å². The van der Waals surface area contributed by atoms with Gasteiger partial charge in [0.25, 0.3) is 11.8 Å². The van der Waals surface area contributed by atoms with E-state index in [9.17, 15) is 9.18 Å². The van der Waals surface area contributed by atoms with Crippen molar-refractivity contribution in [3.8, 4) is 5.75 Å². The summed E-state index contributed by atoms with van der Waals surface area (Å²) in [4.78, 5) is 17.3. The van der Waals surface area contributed by atoms with Crippen LogP contribution in [0.15, 0.2) is 22.7 Å². The lowest BCUT2D eigenvalue weighted by Crippen LogP contribution is -2.34. The lowest BCUT2D eigenvalue weighted by atomic mass is 9.92. The van der Waals surface area contributed by atoms with E-state index in [2.05, 4.69) is 10.1 Å². The Morgan fingerprint density at radius 3 is 2.69 bits per heavy atom. The zero-order valence-electron chi connectivity index (χ0n) is 17.2. The van der Waals surface area contributed by atoms with Gasteiger partial charge in [-0.1, -0.05) is 0 Å². The van der Waals surface area contributed by atoms with Crippen LogP contribution in [0.5, 0.6) is 5.75 Å². The van der Waals surface area contributed by atoms with Crippen molar-refractivity contribution in [1.29, 1.82) is 0 Å². The second-order valence-electron chi connectivity index (χ2n) is 8.07. The molecule has 2 aromatic rings. The standard InChI is InChI=1S/C21H28FN3O4/c1-14-13-16(6-7-17(14)18(26)27)28-12-4-5-15-8-10-25(11-9-15)20-23-19(29-24-20)21(2,3)22/h6-7,13,15H,4-5,8-12H2,1-3H3,(H,26,27). The van der Waals surface area contributed by atoms with Crippen molar-refractivity contribution in [2.24, 2.45) is 5.92 Å². The van der Waals surface area contributed by atoms with E-state index in [4.69, 9.17) is 14.4 Å². The molecule has 1 N–H and O–H groups in total. The van der Waals surface area contributed by atoms with E-state index in [1.165, 1.54) is 13.8 Å². The average molecular weight is 405 g/mol. The summed E-state index contributed by atoms with van der Waals surface area (Å²) in [5.41, 5.74) is -0.633. The highest BCUT2D eigenvalue weighted by atomic mass is 19.1. The van der Waals surface area contributed by atoms with Gasteiger partial charge < -0.3 is 19.3 Å². The predicted molar refractivity (Wildman–Crippen MR) is 106 cm³/mol. The van der Waals surface area contributed by atoms with E-state index in [0.717, 1.165) is 38.8 Å². The largest absolute Gasteiger partial charge is 0.494 e. The van der Waals surface area contributed by atoms with Crippen LogP contribution in [0.2, 0.25) is 0 Å². The molecule has 8 heteroatoms. The Labute approximate surface area is 169 Å². The van der Waals surface area contributed by atoms with Gasteiger partial charge in [0, 0.05) is 13.1 Å². The van der Waals surface area contributed by atoms with Gasteiger partial charge in [-0.15, -0.1) is 0 Å². The van der Waals surface area contributed by atoms with E-state index in [1.54, 1.807) is 25.1 Å². The molecule has 7 nitrogen and oxygen atoms in total. The number of aromatic nitrogens is 2. The number of halogens is 1. The minimum absolute atomic E-state index is 0.0124. The highest BCUT2D eigenvalue weighted by molar-refractivity contribution is 5.89. The molecule has 0 aliphatic carbocycles. The number of ether oxygens (including phenoxy) is 1. The summed E-state index contributed by atoms with van der Waals surface area (Å²) in [6.45, 7) is 6.83. The van der Waals surface area contributed by atoms with Gasteiger partial charge in [0.2, 0.25) is 0 Å². The number of rotatable bonds is 8. The number of alkyl halides is 1. The maximum absolute atomic E-state index is 13.9. The number of anilines is 1. The van der Waals surface area contributed by atoms with Crippen LogP contribution < -0.4 is 9.64 Å². The van der Waals surface area contributed by atoms with Crippen LogP contribution in [0.25, 0.3) is 0 Å². The molecule has 0 amide bonds. The molecule has 0 bridgehead atoms. The summed E-state index contributed by atoms with van der Waals surface area (Å²) < 4.78 is 24.7. The number of carboxylic acid groups (broad SMARTS) is 1. The zero-order valence-corrected chi connectivity index (χ0v) is 17.2. The molecule has 0 unspecified atom stereocenters. The molecule has 0 spiro atoms. The third-order valence-corrected chi connectivity index (χ3v) is 5.27. The molecular formula is C21H28FN3O4. The van der Waals surface area contributed by atoms with Gasteiger partial charge in [0.15, 0.2) is 5.67 Å². The molecule has 2 heterocycles. The van der Waals surface area contributed by atoms with Crippen LogP contribution in [0.4, 0.5) is 10.3 Å². The Balaban J connectivity index is 1.39. The molecule has 0 atom stereocenters. The summed E-state index contributed by atoms with van der Waals surface area (Å²) in [7, 11) is 0. The summed E-state index contributed by atoms with van der Waals surface area (Å²) in [5.74, 6) is 0.859. The van der Waals surface area contributed by atoms with Crippen molar-refractivity contribution in [3.63, 3.8) is 0 Å². The second-order valence-corrected chi connectivity index (χ2v) is 8.07. The first-order chi connectivity index (χ1) is 13.7. The molecular weight excluding hydrogens is 377 g/mol. The first-order valence-corrected chi connectivity index (χ1v) is 9.99. The number of benzene rings is 1. The Morgan fingerprint density at radius 2 is 2.10 bits per heavy atom. The van der Waals surface area contributed by atoms with Gasteiger partial charge in [0.1, 0.15) is 5.75 Å². The maximum Gasteiger partial charge on any atom is 0.335 e. The molecule has 158 valence electrons. The maximum atomic E-state index is 13.9. The Morgan fingerprint density at radius 1 is 1.38 bits per heavy atom. The number of piperidine rings is 1. The SMILES string of the molecule is Cc1cc(OCCCC2CCN(c3noc(C(C)(C)F)n3)CC2)ccc1C(=O)O. The topological polar surface area (TPSA) is 88.7 Å². The van der Waals surface area contributed by atoms with Gasteiger partial charge in [-0.3, -0.25) is 0 Å². The second kappa shape index (κ2) is 8.80.